The summed E-state index contributed by atoms with van der Waals surface area (Å²) in [6.45, 7) is 1.86. The summed E-state index contributed by atoms with van der Waals surface area (Å²) in [7, 11) is 0. The first-order chi connectivity index (χ1) is 13.3. The molecule has 0 spiro atoms. The minimum Gasteiger partial charge on any atom is -0.342 e. The van der Waals surface area contributed by atoms with E-state index in [4.69, 9.17) is 0 Å². The maximum Gasteiger partial charge on any atom is 0.262 e. The minimum atomic E-state index is -0.128. The van der Waals surface area contributed by atoms with E-state index in [-0.39, 0.29) is 5.56 Å². The van der Waals surface area contributed by atoms with E-state index in [1.54, 1.807) is 6.20 Å². The van der Waals surface area contributed by atoms with Gasteiger partial charge < -0.3 is 4.90 Å². The smallest absolute Gasteiger partial charge is 0.262 e. The van der Waals surface area contributed by atoms with E-state index in [2.05, 4.69) is 50.2 Å². The molecule has 134 valence electrons. The second-order valence-corrected chi connectivity index (χ2v) is 7.06. The molecule has 0 saturated carbocycles. The molecule has 2 aromatic heterocycles. The van der Waals surface area contributed by atoms with Crippen LogP contribution in [0.4, 0.5) is 5.95 Å². The summed E-state index contributed by atoms with van der Waals surface area (Å²) < 4.78 is 0. The second kappa shape index (κ2) is 6.50. The van der Waals surface area contributed by atoms with Crippen LogP contribution in [0.5, 0.6) is 0 Å². The first-order valence-corrected chi connectivity index (χ1v) is 9.43. The minimum absolute atomic E-state index is 0.128. The van der Waals surface area contributed by atoms with Gasteiger partial charge in [0.2, 0.25) is 5.95 Å². The number of nitrogens with zero attached hydrogens (tertiary/aromatic N) is 3. The third-order valence-electron chi connectivity index (χ3n) is 5.31. The van der Waals surface area contributed by atoms with Crippen molar-refractivity contribution in [2.75, 3.05) is 18.0 Å². The summed E-state index contributed by atoms with van der Waals surface area (Å²) >= 11 is 0. The molecule has 2 aromatic carbocycles. The van der Waals surface area contributed by atoms with Crippen LogP contribution >= 0.6 is 0 Å². The molecule has 4 aromatic rings. The van der Waals surface area contributed by atoms with Crippen LogP contribution in [0.3, 0.4) is 0 Å². The molecule has 1 N–H and O–H groups in total. The number of aromatic amines is 1. The van der Waals surface area contributed by atoms with Crippen LogP contribution < -0.4 is 10.5 Å². The molecule has 5 heteroatoms. The molecule has 0 atom stereocenters. The normalized spacial score (nSPS) is 14.7. The topological polar surface area (TPSA) is 61.9 Å². The first kappa shape index (κ1) is 16.0. The van der Waals surface area contributed by atoms with Crippen molar-refractivity contribution in [3.63, 3.8) is 0 Å². The molecule has 3 heterocycles. The molecule has 0 amide bonds. The zero-order valence-electron chi connectivity index (χ0n) is 15.0. The molecule has 1 aliphatic rings. The predicted octanol–water partition coefficient (Wildman–Crippen LogP) is 4.13. The number of H-pyrrole nitrogens is 1. The highest BCUT2D eigenvalue weighted by molar-refractivity contribution is 5.95. The molecule has 0 bridgehead atoms. The third kappa shape index (κ3) is 2.85. The van der Waals surface area contributed by atoms with E-state index in [1.807, 2.05) is 18.2 Å². The molecule has 1 fully saturated rings. The van der Waals surface area contributed by atoms with Gasteiger partial charge in [-0.15, -0.1) is 0 Å². The van der Waals surface area contributed by atoms with Gasteiger partial charge in [-0.2, -0.15) is 4.98 Å². The summed E-state index contributed by atoms with van der Waals surface area (Å²) in [6.07, 6.45) is 5.23. The number of piperidine rings is 1. The molecule has 5 rings (SSSR count). The zero-order valence-corrected chi connectivity index (χ0v) is 15.0. The first-order valence-electron chi connectivity index (χ1n) is 9.43. The number of hydrogen-bond donors (Lipinski definition) is 1. The van der Waals surface area contributed by atoms with Gasteiger partial charge in [0.05, 0.1) is 5.39 Å². The Hall–Kier alpha value is -3.21. The quantitative estimate of drug-likeness (QED) is 0.587. The number of hydrogen-bond acceptors (Lipinski definition) is 4. The summed E-state index contributed by atoms with van der Waals surface area (Å²) in [5.74, 6) is 0.635. The lowest BCUT2D eigenvalue weighted by molar-refractivity contribution is 0.568. The number of anilines is 1. The molecule has 0 aliphatic carbocycles. The Bertz CT molecular complexity index is 1190. The maximum atomic E-state index is 12.9. The molecule has 27 heavy (non-hydrogen) atoms. The maximum absolute atomic E-state index is 12.9. The van der Waals surface area contributed by atoms with Crippen LogP contribution in [0, 0.1) is 0 Å². The number of aromatic nitrogens is 3. The number of benzene rings is 2. The van der Waals surface area contributed by atoms with Crippen LogP contribution in [0.2, 0.25) is 0 Å². The average molecular weight is 356 g/mol. The Morgan fingerprint density at radius 3 is 2.59 bits per heavy atom. The average Bonchev–Trinajstić information content (AvgIpc) is 2.73. The molecule has 1 saturated heterocycles. The van der Waals surface area contributed by atoms with Crippen LogP contribution in [0.1, 0.15) is 19.3 Å². The van der Waals surface area contributed by atoms with E-state index in [0.29, 0.717) is 17.0 Å². The van der Waals surface area contributed by atoms with Crippen LogP contribution in [0.15, 0.2) is 59.5 Å². The van der Waals surface area contributed by atoms with Crippen molar-refractivity contribution >= 4 is 27.8 Å². The summed E-state index contributed by atoms with van der Waals surface area (Å²) in [5, 5.41) is 2.88. The van der Waals surface area contributed by atoms with Gasteiger partial charge in [0.25, 0.3) is 5.56 Å². The fourth-order valence-corrected chi connectivity index (χ4v) is 3.90. The lowest BCUT2D eigenvalue weighted by Gasteiger charge is -2.27. The second-order valence-electron chi connectivity index (χ2n) is 7.06. The largest absolute Gasteiger partial charge is 0.342 e. The Balaban J connectivity index is 1.67. The van der Waals surface area contributed by atoms with Gasteiger partial charge in [-0.25, -0.2) is 4.98 Å². The lowest BCUT2D eigenvalue weighted by atomic mass is 10.00. The van der Waals surface area contributed by atoms with Crippen molar-refractivity contribution in [1.82, 2.24) is 15.0 Å². The van der Waals surface area contributed by atoms with Gasteiger partial charge >= 0.3 is 0 Å². The van der Waals surface area contributed by atoms with Crippen LogP contribution in [-0.2, 0) is 0 Å². The van der Waals surface area contributed by atoms with E-state index in [9.17, 15) is 4.79 Å². The number of pyridine rings is 1. The standard InChI is InChI=1S/C22H20N4O/c27-21-19-18(17-9-8-15-6-2-3-7-16(15)14-17)10-11-23-20(19)24-22(25-21)26-12-4-1-5-13-26/h2-3,6-11,14H,1,4-5,12-13H2,(H,23,24,25,27). The van der Waals surface area contributed by atoms with E-state index in [1.165, 1.54) is 11.8 Å². The fraction of sp³-hybridized carbons (Fsp3) is 0.227. The summed E-state index contributed by atoms with van der Waals surface area (Å²) in [6, 6.07) is 16.4. The highest BCUT2D eigenvalue weighted by Gasteiger charge is 2.17. The number of rotatable bonds is 2. The third-order valence-corrected chi connectivity index (χ3v) is 5.31. The van der Waals surface area contributed by atoms with Gasteiger partial charge in [-0.1, -0.05) is 36.4 Å². The van der Waals surface area contributed by atoms with Gasteiger partial charge in [0.1, 0.15) is 0 Å². The van der Waals surface area contributed by atoms with Crippen molar-refractivity contribution in [1.29, 1.82) is 0 Å². The molecular weight excluding hydrogens is 336 g/mol. The van der Waals surface area contributed by atoms with Gasteiger partial charge in [0, 0.05) is 19.3 Å². The zero-order chi connectivity index (χ0) is 18.2. The van der Waals surface area contributed by atoms with Gasteiger partial charge in [0.15, 0.2) is 5.65 Å². The van der Waals surface area contributed by atoms with Crippen LogP contribution in [0.25, 0.3) is 32.9 Å². The Morgan fingerprint density at radius 2 is 1.74 bits per heavy atom. The fourth-order valence-electron chi connectivity index (χ4n) is 3.90. The predicted molar refractivity (Wildman–Crippen MR) is 109 cm³/mol. The van der Waals surface area contributed by atoms with E-state index in [0.717, 1.165) is 42.4 Å². The highest BCUT2D eigenvalue weighted by atomic mass is 16.1. The Labute approximate surface area is 156 Å². The lowest BCUT2D eigenvalue weighted by Crippen LogP contribution is -2.32. The van der Waals surface area contributed by atoms with Gasteiger partial charge in [-0.3, -0.25) is 9.78 Å². The van der Waals surface area contributed by atoms with Crippen LogP contribution in [-0.4, -0.2) is 28.0 Å². The number of nitrogens with one attached hydrogen (secondary N) is 1. The Kier molecular flexibility index (Phi) is 3.85. The van der Waals surface area contributed by atoms with E-state index >= 15 is 0 Å². The highest BCUT2D eigenvalue weighted by Crippen LogP contribution is 2.28. The van der Waals surface area contributed by atoms with Crippen molar-refractivity contribution in [3.8, 4) is 11.1 Å². The van der Waals surface area contributed by atoms with Gasteiger partial charge in [-0.05, 0) is 53.3 Å². The Morgan fingerprint density at radius 1 is 0.926 bits per heavy atom. The SMILES string of the molecule is O=c1[nH]c(N2CCCCC2)nc2nccc(-c3ccc4ccccc4c3)c12. The summed E-state index contributed by atoms with van der Waals surface area (Å²) in [4.78, 5) is 27.1. The van der Waals surface area contributed by atoms with E-state index < -0.39 is 0 Å². The molecule has 5 nitrogen and oxygen atoms in total. The molecular formula is C22H20N4O. The van der Waals surface area contributed by atoms with Crippen molar-refractivity contribution in [2.45, 2.75) is 19.3 Å². The summed E-state index contributed by atoms with van der Waals surface area (Å²) in [5.41, 5.74) is 2.24. The molecule has 0 radical (unpaired) electrons. The van der Waals surface area contributed by atoms with Crippen molar-refractivity contribution < 1.29 is 0 Å². The number of fused-ring (bicyclic) bond motifs is 2. The monoisotopic (exact) mass is 356 g/mol. The molecule has 1 aliphatic heterocycles. The van der Waals surface area contributed by atoms with Crippen molar-refractivity contribution in [2.24, 2.45) is 0 Å². The van der Waals surface area contributed by atoms with Crippen molar-refractivity contribution in [3.05, 3.63) is 65.1 Å². The molecule has 0 unspecified atom stereocenters.